The van der Waals surface area contributed by atoms with Crippen molar-refractivity contribution in [3.05, 3.63) is 44.2 Å². The maximum Gasteiger partial charge on any atom is 0.138 e. The van der Waals surface area contributed by atoms with Crippen LogP contribution < -0.4 is 0 Å². The molecule has 3 heterocycles. The Morgan fingerprint density at radius 1 is 1.24 bits per heavy atom. The van der Waals surface area contributed by atoms with E-state index in [-0.39, 0.29) is 6.61 Å². The minimum absolute atomic E-state index is 0.252. The molecule has 0 spiro atoms. The van der Waals surface area contributed by atoms with Crippen LogP contribution in [0.25, 0.3) is 22.0 Å². The van der Waals surface area contributed by atoms with E-state index in [0.717, 1.165) is 22.0 Å². The Kier molecular flexibility index (Phi) is 4.75. The Labute approximate surface area is 163 Å². The van der Waals surface area contributed by atoms with Gasteiger partial charge in [-0.3, -0.25) is 0 Å². The molecule has 1 fully saturated rings. The topological polar surface area (TPSA) is 54.6 Å². The Hall–Kier alpha value is -0.790. The molecule has 4 nitrogen and oxygen atoms in total. The first-order valence-corrected chi connectivity index (χ1v) is 9.74. The van der Waals surface area contributed by atoms with E-state index in [1.807, 2.05) is 21.4 Å². The molecule has 0 aliphatic carbocycles. The molecular formula is C17H14Cl3NO3S. The molecule has 132 valence electrons. The second-order valence-corrected chi connectivity index (χ2v) is 7.90. The van der Waals surface area contributed by atoms with E-state index in [0.29, 0.717) is 21.6 Å². The van der Waals surface area contributed by atoms with Gasteiger partial charge in [-0.25, -0.2) is 0 Å². The molecule has 3 atom stereocenters. The fourth-order valence-electron chi connectivity index (χ4n) is 3.27. The number of halogens is 3. The summed E-state index contributed by atoms with van der Waals surface area (Å²) in [6.45, 7) is -0.252. The first kappa shape index (κ1) is 17.6. The van der Waals surface area contributed by atoms with Crippen LogP contribution in [0.4, 0.5) is 0 Å². The van der Waals surface area contributed by atoms with Crippen LogP contribution >= 0.6 is 46.1 Å². The molecule has 1 aliphatic rings. The van der Waals surface area contributed by atoms with Crippen molar-refractivity contribution in [2.45, 2.75) is 24.9 Å². The third-order valence-electron chi connectivity index (χ3n) is 4.47. The summed E-state index contributed by atoms with van der Waals surface area (Å²) in [7, 11) is 0. The lowest BCUT2D eigenvalue weighted by Gasteiger charge is -2.16. The number of fused-ring (bicyclic) bond motifs is 1. The molecule has 3 aromatic rings. The van der Waals surface area contributed by atoms with Gasteiger partial charge in [-0.2, -0.15) is 11.3 Å². The second-order valence-electron chi connectivity index (χ2n) is 5.95. The lowest BCUT2D eigenvalue weighted by molar-refractivity contribution is -0.0427. The predicted molar refractivity (Wildman–Crippen MR) is 102 cm³/mol. The smallest absolute Gasteiger partial charge is 0.138 e. The van der Waals surface area contributed by atoms with Crippen LogP contribution in [0.1, 0.15) is 12.6 Å². The minimum Gasteiger partial charge on any atom is -0.394 e. The number of hydrogen-bond acceptors (Lipinski definition) is 4. The molecule has 0 amide bonds. The van der Waals surface area contributed by atoms with E-state index in [1.54, 1.807) is 23.5 Å². The number of thiophene rings is 1. The number of aliphatic hydroxyl groups is 2. The zero-order valence-electron chi connectivity index (χ0n) is 12.8. The van der Waals surface area contributed by atoms with Crippen LogP contribution in [0, 0.1) is 0 Å². The van der Waals surface area contributed by atoms with Crippen LogP contribution in [0.5, 0.6) is 0 Å². The summed E-state index contributed by atoms with van der Waals surface area (Å²) in [6.07, 6.45) is -1.55. The van der Waals surface area contributed by atoms with Gasteiger partial charge in [0.1, 0.15) is 17.5 Å². The van der Waals surface area contributed by atoms with Crippen LogP contribution in [0.3, 0.4) is 0 Å². The quantitative estimate of drug-likeness (QED) is 0.631. The van der Waals surface area contributed by atoms with Gasteiger partial charge < -0.3 is 19.5 Å². The lowest BCUT2D eigenvalue weighted by atomic mass is 10.1. The highest BCUT2D eigenvalue weighted by Crippen LogP contribution is 2.45. The van der Waals surface area contributed by atoms with Crippen molar-refractivity contribution in [2.75, 3.05) is 6.61 Å². The summed E-state index contributed by atoms with van der Waals surface area (Å²) >= 11 is 20.7. The van der Waals surface area contributed by atoms with Crippen molar-refractivity contribution in [1.82, 2.24) is 4.57 Å². The van der Waals surface area contributed by atoms with Gasteiger partial charge in [0.05, 0.1) is 28.3 Å². The maximum absolute atomic E-state index is 10.1. The van der Waals surface area contributed by atoms with Crippen LogP contribution in [-0.4, -0.2) is 33.6 Å². The standard InChI is InChI=1S/C17H14Cl3NO3S/c18-10-3-9-12(4-11(10)19)21(15-5-13(23)14(6-22)24-15)17(20)16(9)8-1-2-25-7-8/h1-4,7,13-15,22-23H,5-6H2/t13-,14+,15?/m0/s1. The molecule has 8 heteroatoms. The van der Waals surface area contributed by atoms with Crippen molar-refractivity contribution in [1.29, 1.82) is 0 Å². The van der Waals surface area contributed by atoms with Gasteiger partial charge in [-0.1, -0.05) is 34.8 Å². The van der Waals surface area contributed by atoms with Crippen molar-refractivity contribution in [2.24, 2.45) is 0 Å². The summed E-state index contributed by atoms with van der Waals surface area (Å²) in [5.41, 5.74) is 2.60. The van der Waals surface area contributed by atoms with Crippen molar-refractivity contribution < 1.29 is 14.9 Å². The highest BCUT2D eigenvalue weighted by Gasteiger charge is 2.36. The number of nitrogens with zero attached hydrogens (tertiary/aromatic N) is 1. The first-order chi connectivity index (χ1) is 12.0. The van der Waals surface area contributed by atoms with Gasteiger partial charge in [-0.05, 0) is 34.5 Å². The number of ether oxygens (including phenoxy) is 1. The van der Waals surface area contributed by atoms with E-state index in [4.69, 9.17) is 39.5 Å². The molecule has 0 bridgehead atoms. The highest BCUT2D eigenvalue weighted by molar-refractivity contribution is 7.08. The number of hydrogen-bond donors (Lipinski definition) is 2. The van der Waals surface area contributed by atoms with Gasteiger partial charge in [-0.15, -0.1) is 0 Å². The Balaban J connectivity index is 1.95. The summed E-state index contributed by atoms with van der Waals surface area (Å²) in [5.74, 6) is 0. The van der Waals surface area contributed by atoms with Crippen LogP contribution in [0.15, 0.2) is 29.0 Å². The minimum atomic E-state index is -0.754. The van der Waals surface area contributed by atoms with Gasteiger partial charge in [0, 0.05) is 17.4 Å². The molecule has 0 saturated carbocycles. The molecule has 4 rings (SSSR count). The number of benzene rings is 1. The number of rotatable bonds is 3. The monoisotopic (exact) mass is 417 g/mol. The molecule has 1 unspecified atom stereocenters. The van der Waals surface area contributed by atoms with E-state index in [2.05, 4.69) is 0 Å². The molecule has 2 aromatic heterocycles. The van der Waals surface area contributed by atoms with Gasteiger partial charge in [0.15, 0.2) is 0 Å². The van der Waals surface area contributed by atoms with Crippen molar-refractivity contribution in [3.63, 3.8) is 0 Å². The van der Waals surface area contributed by atoms with E-state index >= 15 is 0 Å². The normalized spacial score (nSPS) is 23.6. The third-order valence-corrected chi connectivity index (χ3v) is 6.24. The Morgan fingerprint density at radius 3 is 2.64 bits per heavy atom. The fourth-order valence-corrected chi connectivity index (χ4v) is 4.65. The number of aliphatic hydroxyl groups excluding tert-OH is 2. The maximum atomic E-state index is 10.1. The molecular weight excluding hydrogens is 405 g/mol. The SMILES string of the molecule is OC[C@H]1OC(n2c(Cl)c(-c3ccsc3)c3cc(Cl)c(Cl)cc32)C[C@@H]1O. The Morgan fingerprint density at radius 2 is 2.00 bits per heavy atom. The number of aromatic nitrogens is 1. The van der Waals surface area contributed by atoms with Gasteiger partial charge in [0.25, 0.3) is 0 Å². The lowest BCUT2D eigenvalue weighted by Crippen LogP contribution is -2.24. The predicted octanol–water partition coefficient (Wildman–Crippen LogP) is 4.97. The molecule has 25 heavy (non-hydrogen) atoms. The van der Waals surface area contributed by atoms with Crippen LogP contribution in [0.2, 0.25) is 15.2 Å². The summed E-state index contributed by atoms with van der Waals surface area (Å²) in [4.78, 5) is 0. The second kappa shape index (κ2) is 6.74. The van der Waals surface area contributed by atoms with Gasteiger partial charge >= 0.3 is 0 Å². The summed E-state index contributed by atoms with van der Waals surface area (Å²) in [6, 6.07) is 5.53. The van der Waals surface area contributed by atoms with E-state index < -0.39 is 18.4 Å². The largest absolute Gasteiger partial charge is 0.394 e. The zero-order valence-corrected chi connectivity index (χ0v) is 15.9. The average Bonchev–Trinajstić information content (AvgIpc) is 3.26. The average molecular weight is 419 g/mol. The Bertz CT molecular complexity index is 925. The summed E-state index contributed by atoms with van der Waals surface area (Å²) in [5, 5.41) is 25.6. The molecule has 0 radical (unpaired) electrons. The van der Waals surface area contributed by atoms with Crippen LogP contribution in [-0.2, 0) is 4.74 Å². The van der Waals surface area contributed by atoms with Crippen molar-refractivity contribution >= 4 is 57.0 Å². The zero-order chi connectivity index (χ0) is 17.7. The van der Waals surface area contributed by atoms with Gasteiger partial charge in [0.2, 0.25) is 0 Å². The third kappa shape index (κ3) is 2.88. The van der Waals surface area contributed by atoms with E-state index in [9.17, 15) is 10.2 Å². The molecule has 1 saturated heterocycles. The highest BCUT2D eigenvalue weighted by atomic mass is 35.5. The molecule has 1 aromatic carbocycles. The molecule has 2 N–H and O–H groups in total. The fraction of sp³-hybridized carbons (Fsp3) is 0.294. The van der Waals surface area contributed by atoms with Crippen molar-refractivity contribution in [3.8, 4) is 11.1 Å². The summed E-state index contributed by atoms with van der Waals surface area (Å²) < 4.78 is 7.61. The first-order valence-electron chi connectivity index (χ1n) is 7.66. The van der Waals surface area contributed by atoms with E-state index in [1.165, 1.54) is 0 Å². The molecule has 1 aliphatic heterocycles.